The van der Waals surface area contributed by atoms with Crippen molar-refractivity contribution in [1.82, 2.24) is 10.2 Å². The largest absolute Gasteiger partial charge is 0.323 e. The molecule has 2 fully saturated rings. The van der Waals surface area contributed by atoms with Crippen LogP contribution in [0, 0.1) is 5.92 Å². The second-order valence-electron chi connectivity index (χ2n) is 6.00. The first-order valence-electron chi connectivity index (χ1n) is 7.77. The molecule has 3 unspecified atom stereocenters. The van der Waals surface area contributed by atoms with E-state index in [0.29, 0.717) is 24.0 Å². The maximum absolute atomic E-state index is 12.5. The topological polar surface area (TPSA) is 32.3 Å². The fraction of sp³-hybridized carbons (Fsp3) is 0.933. The predicted molar refractivity (Wildman–Crippen MR) is 74.2 cm³/mol. The lowest BCUT2D eigenvalue weighted by atomic mass is 10.0. The van der Waals surface area contributed by atoms with Crippen molar-refractivity contribution < 1.29 is 4.79 Å². The molecule has 1 saturated heterocycles. The lowest BCUT2D eigenvalue weighted by Crippen LogP contribution is -2.46. The van der Waals surface area contributed by atoms with Gasteiger partial charge in [0.2, 0.25) is 5.91 Å². The normalized spacial score (nSPS) is 31.3. The summed E-state index contributed by atoms with van der Waals surface area (Å²) >= 11 is 0. The van der Waals surface area contributed by atoms with Gasteiger partial charge in [-0.15, -0.1) is 0 Å². The summed E-state index contributed by atoms with van der Waals surface area (Å²) in [7, 11) is 0. The van der Waals surface area contributed by atoms with Crippen LogP contribution in [0.2, 0.25) is 0 Å². The van der Waals surface area contributed by atoms with Crippen molar-refractivity contribution in [1.29, 1.82) is 0 Å². The van der Waals surface area contributed by atoms with Crippen LogP contribution in [0.1, 0.15) is 65.7 Å². The Labute approximate surface area is 111 Å². The Kier molecular flexibility index (Phi) is 4.66. The molecule has 0 aromatic carbocycles. The van der Waals surface area contributed by atoms with E-state index in [0.717, 1.165) is 19.3 Å². The van der Waals surface area contributed by atoms with E-state index in [1.54, 1.807) is 0 Å². The lowest BCUT2D eigenvalue weighted by Gasteiger charge is -2.33. The van der Waals surface area contributed by atoms with Crippen LogP contribution in [0.15, 0.2) is 0 Å². The van der Waals surface area contributed by atoms with Gasteiger partial charge in [0.05, 0.1) is 12.2 Å². The first kappa shape index (κ1) is 13.9. The maximum atomic E-state index is 12.5. The minimum atomic E-state index is 0.0783. The summed E-state index contributed by atoms with van der Waals surface area (Å²) in [5, 5.41) is 3.63. The van der Waals surface area contributed by atoms with Gasteiger partial charge in [0.25, 0.3) is 0 Å². The van der Waals surface area contributed by atoms with Crippen LogP contribution in [0.3, 0.4) is 0 Å². The van der Waals surface area contributed by atoms with Gasteiger partial charge in [-0.3, -0.25) is 10.1 Å². The molecule has 2 rings (SSSR count). The second-order valence-corrected chi connectivity index (χ2v) is 6.00. The van der Waals surface area contributed by atoms with E-state index in [-0.39, 0.29) is 6.04 Å². The number of hydrogen-bond acceptors (Lipinski definition) is 2. The van der Waals surface area contributed by atoms with Crippen molar-refractivity contribution in [3.63, 3.8) is 0 Å². The molecule has 0 aromatic rings. The molecule has 2 aliphatic rings. The van der Waals surface area contributed by atoms with Gasteiger partial charge < -0.3 is 4.90 Å². The van der Waals surface area contributed by atoms with E-state index in [4.69, 9.17) is 0 Å². The van der Waals surface area contributed by atoms with E-state index < -0.39 is 0 Å². The van der Waals surface area contributed by atoms with Crippen LogP contribution < -0.4 is 5.32 Å². The molecular formula is C15H28N2O. The van der Waals surface area contributed by atoms with Crippen LogP contribution in [-0.2, 0) is 4.79 Å². The van der Waals surface area contributed by atoms with E-state index in [1.807, 2.05) is 0 Å². The van der Waals surface area contributed by atoms with E-state index in [9.17, 15) is 4.79 Å². The number of nitrogens with one attached hydrogen (secondary N) is 1. The van der Waals surface area contributed by atoms with Crippen molar-refractivity contribution in [2.75, 3.05) is 0 Å². The summed E-state index contributed by atoms with van der Waals surface area (Å²) in [6.07, 6.45) is 8.67. The zero-order valence-corrected chi connectivity index (χ0v) is 12.1. The number of hydrogen-bond donors (Lipinski definition) is 1. The summed E-state index contributed by atoms with van der Waals surface area (Å²) in [4.78, 5) is 14.7. The molecule has 3 atom stereocenters. The van der Waals surface area contributed by atoms with Gasteiger partial charge in [-0.25, -0.2) is 0 Å². The summed E-state index contributed by atoms with van der Waals surface area (Å²) in [6, 6.07) is 0.451. The maximum Gasteiger partial charge on any atom is 0.241 e. The van der Waals surface area contributed by atoms with E-state index >= 15 is 0 Å². The molecular weight excluding hydrogens is 224 g/mol. The third-order valence-corrected chi connectivity index (χ3v) is 4.71. The van der Waals surface area contributed by atoms with Crippen LogP contribution in [0.5, 0.6) is 0 Å². The minimum absolute atomic E-state index is 0.0783. The van der Waals surface area contributed by atoms with E-state index in [1.165, 1.54) is 25.7 Å². The van der Waals surface area contributed by atoms with Crippen LogP contribution in [-0.4, -0.2) is 29.1 Å². The third kappa shape index (κ3) is 2.56. The Morgan fingerprint density at radius 2 is 2.00 bits per heavy atom. The standard InChI is InChI=1S/C15H28N2O/c1-4-8-13-15(18)17(11(3)5-2)14(16-13)12-9-6-7-10-12/h11-14,16H,4-10H2,1-3H3. The quantitative estimate of drug-likeness (QED) is 0.816. The molecule has 0 aromatic heterocycles. The highest BCUT2D eigenvalue weighted by atomic mass is 16.2. The SMILES string of the molecule is CCCC1NC(C2CCCC2)N(C(C)CC)C1=O. The Hall–Kier alpha value is -0.570. The number of amides is 1. The average Bonchev–Trinajstić information content (AvgIpc) is 2.98. The molecule has 0 spiro atoms. The molecule has 104 valence electrons. The van der Waals surface area contributed by atoms with Crippen molar-refractivity contribution in [3.05, 3.63) is 0 Å². The molecule has 0 radical (unpaired) electrons. The summed E-state index contributed by atoms with van der Waals surface area (Å²) < 4.78 is 0. The van der Waals surface area contributed by atoms with Crippen LogP contribution >= 0.6 is 0 Å². The molecule has 3 heteroatoms. The molecule has 1 amide bonds. The third-order valence-electron chi connectivity index (χ3n) is 4.71. The minimum Gasteiger partial charge on any atom is -0.323 e. The van der Waals surface area contributed by atoms with Gasteiger partial charge in [-0.1, -0.05) is 33.1 Å². The first-order chi connectivity index (χ1) is 8.69. The Morgan fingerprint density at radius 3 is 2.56 bits per heavy atom. The van der Waals surface area contributed by atoms with Gasteiger partial charge in [-0.2, -0.15) is 0 Å². The molecule has 1 heterocycles. The number of nitrogens with zero attached hydrogens (tertiary/aromatic N) is 1. The molecule has 1 N–H and O–H groups in total. The molecule has 1 aliphatic carbocycles. The monoisotopic (exact) mass is 252 g/mol. The highest BCUT2D eigenvalue weighted by molar-refractivity contribution is 5.84. The van der Waals surface area contributed by atoms with Crippen LogP contribution in [0.25, 0.3) is 0 Å². The Morgan fingerprint density at radius 1 is 1.33 bits per heavy atom. The summed E-state index contributed by atoms with van der Waals surface area (Å²) in [5.41, 5.74) is 0. The predicted octanol–water partition coefficient (Wildman–Crippen LogP) is 2.90. The second kappa shape index (κ2) is 6.05. The van der Waals surface area contributed by atoms with Gasteiger partial charge >= 0.3 is 0 Å². The van der Waals surface area contributed by atoms with Crippen molar-refractivity contribution in [2.45, 2.75) is 84.0 Å². The van der Waals surface area contributed by atoms with Crippen molar-refractivity contribution >= 4 is 5.91 Å². The molecule has 18 heavy (non-hydrogen) atoms. The van der Waals surface area contributed by atoms with Gasteiger partial charge in [-0.05, 0) is 38.5 Å². The molecule has 3 nitrogen and oxygen atoms in total. The fourth-order valence-electron chi connectivity index (χ4n) is 3.49. The number of rotatable bonds is 5. The Bertz CT molecular complexity index is 286. The lowest BCUT2D eigenvalue weighted by molar-refractivity contribution is -0.132. The van der Waals surface area contributed by atoms with E-state index in [2.05, 4.69) is 31.0 Å². The van der Waals surface area contributed by atoms with Crippen molar-refractivity contribution in [2.24, 2.45) is 5.92 Å². The highest BCUT2D eigenvalue weighted by Gasteiger charge is 2.44. The zero-order chi connectivity index (χ0) is 13.1. The summed E-state index contributed by atoms with van der Waals surface area (Å²) in [6.45, 7) is 6.53. The number of carbonyl (C=O) groups is 1. The van der Waals surface area contributed by atoms with Crippen LogP contribution in [0.4, 0.5) is 0 Å². The highest BCUT2D eigenvalue weighted by Crippen LogP contribution is 2.33. The summed E-state index contributed by atoms with van der Waals surface area (Å²) in [5.74, 6) is 1.04. The molecule has 1 saturated carbocycles. The average molecular weight is 252 g/mol. The smallest absolute Gasteiger partial charge is 0.241 e. The first-order valence-corrected chi connectivity index (χ1v) is 7.77. The molecule has 1 aliphatic heterocycles. The van der Waals surface area contributed by atoms with Gasteiger partial charge in [0.1, 0.15) is 0 Å². The fourth-order valence-corrected chi connectivity index (χ4v) is 3.49. The number of carbonyl (C=O) groups excluding carboxylic acids is 1. The molecule has 0 bridgehead atoms. The van der Waals surface area contributed by atoms with Crippen molar-refractivity contribution in [3.8, 4) is 0 Å². The Balaban J connectivity index is 2.11. The van der Waals surface area contributed by atoms with Gasteiger partial charge in [0.15, 0.2) is 0 Å². The zero-order valence-electron chi connectivity index (χ0n) is 12.1. The van der Waals surface area contributed by atoms with Gasteiger partial charge in [0, 0.05) is 6.04 Å².